The van der Waals surface area contributed by atoms with E-state index >= 15 is 0 Å². The molecule has 3 aromatic carbocycles. The maximum absolute atomic E-state index is 10.9. The van der Waals surface area contributed by atoms with Gasteiger partial charge in [-0.1, -0.05) is 67.6 Å². The van der Waals surface area contributed by atoms with Crippen molar-refractivity contribution in [2.45, 2.75) is 13.3 Å². The van der Waals surface area contributed by atoms with Gasteiger partial charge < -0.3 is 5.11 Å². The van der Waals surface area contributed by atoms with Crippen molar-refractivity contribution in [3.8, 4) is 11.3 Å². The van der Waals surface area contributed by atoms with Crippen LogP contribution in [0, 0.1) is 0 Å². The average molecular weight is 472 g/mol. The Morgan fingerprint density at radius 2 is 1.67 bits per heavy atom. The minimum atomic E-state index is -0.963. The van der Waals surface area contributed by atoms with Gasteiger partial charge in [0.2, 0.25) is 0 Å². The smallest absolute Gasteiger partial charge is 0.328 e. The van der Waals surface area contributed by atoms with E-state index in [9.17, 15) is 4.79 Å². The number of hydrogen-bond donors (Lipinski definition) is 2. The fourth-order valence-electron chi connectivity index (χ4n) is 4.44. The van der Waals surface area contributed by atoms with E-state index in [0.717, 1.165) is 62.5 Å². The number of hydrogen-bond acceptors (Lipinski definition) is 3. The van der Waals surface area contributed by atoms with Crippen molar-refractivity contribution in [3.05, 3.63) is 126 Å². The zero-order chi connectivity index (χ0) is 24.9. The van der Waals surface area contributed by atoms with Gasteiger partial charge in [-0.15, -0.1) is 0 Å². The van der Waals surface area contributed by atoms with Crippen LogP contribution < -0.4 is 0 Å². The Kier molecular flexibility index (Phi) is 6.54. The lowest BCUT2D eigenvalue weighted by Crippen LogP contribution is -1.96. The Labute approximate surface area is 209 Å². The monoisotopic (exact) mass is 471 g/mol. The molecule has 5 aromatic rings. The number of pyridine rings is 1. The number of fused-ring (bicyclic) bond motifs is 1. The maximum Gasteiger partial charge on any atom is 0.328 e. The van der Waals surface area contributed by atoms with Crippen LogP contribution >= 0.6 is 0 Å². The van der Waals surface area contributed by atoms with E-state index in [4.69, 9.17) is 5.11 Å². The molecule has 0 atom stereocenters. The molecule has 0 amide bonds. The van der Waals surface area contributed by atoms with Crippen LogP contribution in [0.25, 0.3) is 39.4 Å². The number of carbonyl (C=O) groups is 1. The van der Waals surface area contributed by atoms with Gasteiger partial charge in [0.25, 0.3) is 0 Å². The van der Waals surface area contributed by atoms with Crippen molar-refractivity contribution in [1.29, 1.82) is 0 Å². The van der Waals surface area contributed by atoms with Gasteiger partial charge in [0, 0.05) is 23.2 Å². The molecular formula is C31H25N3O2. The molecule has 5 nitrogen and oxygen atoms in total. The number of rotatable bonds is 7. The van der Waals surface area contributed by atoms with Crippen LogP contribution in [0.1, 0.15) is 35.6 Å². The lowest BCUT2D eigenvalue weighted by molar-refractivity contribution is -0.131. The second-order valence-corrected chi connectivity index (χ2v) is 8.47. The number of carboxylic acids is 1. The highest BCUT2D eigenvalue weighted by molar-refractivity contribution is 6.00. The molecular weight excluding hydrogens is 446 g/mol. The zero-order valence-corrected chi connectivity index (χ0v) is 19.8. The number of carboxylic acid groups (broad SMARTS) is 1. The molecule has 2 aromatic heterocycles. The average Bonchev–Trinajstić information content (AvgIpc) is 3.40. The molecule has 0 bridgehead atoms. The molecule has 0 aliphatic heterocycles. The Morgan fingerprint density at radius 3 is 2.36 bits per heavy atom. The summed E-state index contributed by atoms with van der Waals surface area (Å²) < 4.78 is 0. The van der Waals surface area contributed by atoms with Gasteiger partial charge in [0.15, 0.2) is 0 Å². The Bertz CT molecular complexity index is 1560. The van der Waals surface area contributed by atoms with Crippen LogP contribution in [0.15, 0.2) is 103 Å². The van der Waals surface area contributed by atoms with Gasteiger partial charge in [-0.05, 0) is 70.2 Å². The van der Waals surface area contributed by atoms with E-state index < -0.39 is 5.97 Å². The van der Waals surface area contributed by atoms with Crippen molar-refractivity contribution in [1.82, 2.24) is 15.2 Å². The number of aliphatic carboxylic acids is 1. The third-order valence-corrected chi connectivity index (χ3v) is 6.20. The van der Waals surface area contributed by atoms with Crippen molar-refractivity contribution in [2.75, 3.05) is 0 Å². The molecule has 0 radical (unpaired) electrons. The molecule has 0 aliphatic carbocycles. The summed E-state index contributed by atoms with van der Waals surface area (Å²) in [6.07, 6.45) is 7.23. The highest BCUT2D eigenvalue weighted by Gasteiger charge is 2.14. The predicted octanol–water partition coefficient (Wildman–Crippen LogP) is 7.09. The second kappa shape index (κ2) is 10.2. The number of nitrogens with zero attached hydrogens (tertiary/aromatic N) is 2. The summed E-state index contributed by atoms with van der Waals surface area (Å²) in [5, 5.41) is 17.2. The predicted molar refractivity (Wildman–Crippen MR) is 145 cm³/mol. The normalized spacial score (nSPS) is 12.1. The first-order valence-corrected chi connectivity index (χ1v) is 11.8. The lowest BCUT2D eigenvalue weighted by Gasteiger charge is -2.17. The SMILES string of the molecule is CC/C(=C(/c1ccc(/C=C/C(=O)O)cc1)c1ccc2[nH]ncc2c1)c1ccc(-c2ccccn2)cc1. The molecule has 0 saturated heterocycles. The van der Waals surface area contributed by atoms with E-state index in [1.165, 1.54) is 5.57 Å². The molecule has 2 N–H and O–H groups in total. The van der Waals surface area contributed by atoms with Crippen LogP contribution in [0.4, 0.5) is 0 Å². The minimum Gasteiger partial charge on any atom is -0.478 e. The molecule has 0 unspecified atom stereocenters. The van der Waals surface area contributed by atoms with Gasteiger partial charge in [0.05, 0.1) is 17.4 Å². The maximum atomic E-state index is 10.9. The summed E-state index contributed by atoms with van der Waals surface area (Å²) in [6, 6.07) is 28.8. The fourth-order valence-corrected chi connectivity index (χ4v) is 4.44. The highest BCUT2D eigenvalue weighted by Crippen LogP contribution is 2.36. The quantitative estimate of drug-likeness (QED) is 0.196. The number of benzene rings is 3. The molecule has 0 saturated carbocycles. The summed E-state index contributed by atoms with van der Waals surface area (Å²) >= 11 is 0. The summed E-state index contributed by atoms with van der Waals surface area (Å²) in [6.45, 7) is 2.17. The van der Waals surface area contributed by atoms with Crippen molar-refractivity contribution in [3.63, 3.8) is 0 Å². The van der Waals surface area contributed by atoms with E-state index in [-0.39, 0.29) is 0 Å². The van der Waals surface area contributed by atoms with Crippen LogP contribution in [0.5, 0.6) is 0 Å². The van der Waals surface area contributed by atoms with E-state index in [1.807, 2.05) is 48.7 Å². The van der Waals surface area contributed by atoms with Crippen molar-refractivity contribution < 1.29 is 9.90 Å². The van der Waals surface area contributed by atoms with Crippen LogP contribution in [-0.2, 0) is 4.79 Å². The molecule has 36 heavy (non-hydrogen) atoms. The van der Waals surface area contributed by atoms with E-state index in [2.05, 4.69) is 64.6 Å². The van der Waals surface area contributed by atoms with Gasteiger partial charge >= 0.3 is 5.97 Å². The number of H-pyrrole nitrogens is 1. The largest absolute Gasteiger partial charge is 0.478 e. The summed E-state index contributed by atoms with van der Waals surface area (Å²) in [5.74, 6) is -0.963. The molecule has 0 fully saturated rings. The first-order valence-electron chi connectivity index (χ1n) is 11.8. The molecule has 5 heteroatoms. The summed E-state index contributed by atoms with van der Waals surface area (Å²) in [4.78, 5) is 15.4. The summed E-state index contributed by atoms with van der Waals surface area (Å²) in [5.41, 5.74) is 9.52. The van der Waals surface area contributed by atoms with Crippen LogP contribution in [-0.4, -0.2) is 26.3 Å². The molecule has 5 rings (SSSR count). The van der Waals surface area contributed by atoms with E-state index in [1.54, 1.807) is 12.3 Å². The van der Waals surface area contributed by atoms with Crippen LogP contribution in [0.2, 0.25) is 0 Å². The lowest BCUT2D eigenvalue weighted by atomic mass is 9.87. The highest BCUT2D eigenvalue weighted by atomic mass is 16.4. The number of aromatic amines is 1. The van der Waals surface area contributed by atoms with Crippen LogP contribution in [0.3, 0.4) is 0 Å². The van der Waals surface area contributed by atoms with Gasteiger partial charge in [-0.25, -0.2) is 4.79 Å². The van der Waals surface area contributed by atoms with Crippen molar-refractivity contribution >= 4 is 34.1 Å². The zero-order valence-electron chi connectivity index (χ0n) is 19.8. The Balaban J connectivity index is 1.64. The van der Waals surface area contributed by atoms with Gasteiger partial charge in [0.1, 0.15) is 0 Å². The minimum absolute atomic E-state index is 0.836. The first-order chi connectivity index (χ1) is 17.6. The standard InChI is InChI=1S/C31H25N3O2/c1-2-27(22-11-13-23(14-12-22)28-5-3-4-18-32-28)31(25-15-16-29-26(19-25)20-33-34-29)24-9-6-21(7-10-24)8-17-30(35)36/h3-20H,2H2,1H3,(H,33,34)(H,35,36)/b17-8+,31-27+. The fraction of sp³-hybridized carbons (Fsp3) is 0.0645. The van der Waals surface area contributed by atoms with Crippen molar-refractivity contribution in [2.24, 2.45) is 0 Å². The number of allylic oxidation sites excluding steroid dienone is 1. The summed E-state index contributed by atoms with van der Waals surface area (Å²) in [7, 11) is 0. The topological polar surface area (TPSA) is 78.9 Å². The number of nitrogens with one attached hydrogen (secondary N) is 1. The van der Waals surface area contributed by atoms with Gasteiger partial charge in [-0.2, -0.15) is 5.10 Å². The molecule has 0 aliphatic rings. The second-order valence-electron chi connectivity index (χ2n) is 8.47. The first kappa shape index (κ1) is 23.0. The Hall–Kier alpha value is -4.77. The molecule has 2 heterocycles. The Morgan fingerprint density at radius 1 is 0.917 bits per heavy atom. The third kappa shape index (κ3) is 4.86. The number of aromatic nitrogens is 3. The molecule has 0 spiro atoms. The van der Waals surface area contributed by atoms with Gasteiger partial charge in [-0.3, -0.25) is 10.1 Å². The molecule has 176 valence electrons. The third-order valence-electron chi connectivity index (χ3n) is 6.20. The van der Waals surface area contributed by atoms with E-state index in [0.29, 0.717) is 0 Å².